The van der Waals surface area contributed by atoms with Gasteiger partial charge in [-0.05, 0) is 39.3 Å². The number of carbonyl (C=O) groups is 2. The van der Waals surface area contributed by atoms with Gasteiger partial charge in [0.15, 0.2) is 0 Å². The number of methoxy groups -OCH3 is 1. The molecule has 2 aliphatic heterocycles. The van der Waals surface area contributed by atoms with Crippen LogP contribution in [0.25, 0.3) is 0 Å². The molecule has 2 saturated heterocycles. The molecule has 2 heterocycles. The normalized spacial score (nSPS) is 27.7. The highest BCUT2D eigenvalue weighted by Gasteiger charge is 2.48. The number of benzene rings is 1. The van der Waals surface area contributed by atoms with Crippen LogP contribution in [-0.4, -0.2) is 42.6 Å². The summed E-state index contributed by atoms with van der Waals surface area (Å²) < 4.78 is 5.47. The van der Waals surface area contributed by atoms with Gasteiger partial charge < -0.3 is 10.1 Å². The smallest absolute Gasteiger partial charge is 0.322 e. The number of nitrogens with zero attached hydrogens (tertiary/aromatic N) is 1. The zero-order chi connectivity index (χ0) is 17.3. The summed E-state index contributed by atoms with van der Waals surface area (Å²) >= 11 is 0. The highest BCUT2D eigenvalue weighted by Crippen LogP contribution is 2.31. The Balaban J connectivity index is 1.74. The van der Waals surface area contributed by atoms with Crippen LogP contribution in [-0.2, 0) is 11.3 Å². The van der Waals surface area contributed by atoms with Crippen LogP contribution in [0.15, 0.2) is 18.2 Å². The van der Waals surface area contributed by atoms with Gasteiger partial charge in [0.25, 0.3) is 5.91 Å². The fourth-order valence-corrected chi connectivity index (χ4v) is 3.79. The lowest BCUT2D eigenvalue weighted by Gasteiger charge is -2.39. The Bertz CT molecular complexity index is 661. The first-order valence-corrected chi connectivity index (χ1v) is 8.42. The van der Waals surface area contributed by atoms with Gasteiger partial charge in [0, 0.05) is 24.6 Å². The van der Waals surface area contributed by atoms with E-state index in [0.717, 1.165) is 43.8 Å². The number of ether oxygens (including phenoxy) is 1. The van der Waals surface area contributed by atoms with E-state index in [1.165, 1.54) is 5.56 Å². The van der Waals surface area contributed by atoms with E-state index in [4.69, 9.17) is 4.74 Å². The van der Waals surface area contributed by atoms with Crippen molar-refractivity contribution in [3.05, 3.63) is 29.3 Å². The van der Waals surface area contributed by atoms with Gasteiger partial charge in [0.2, 0.25) is 0 Å². The van der Waals surface area contributed by atoms with Gasteiger partial charge in [0.05, 0.1) is 7.11 Å². The van der Waals surface area contributed by atoms with Crippen molar-refractivity contribution in [2.45, 2.75) is 38.8 Å². The van der Waals surface area contributed by atoms with E-state index in [1.807, 2.05) is 19.1 Å². The third-order valence-corrected chi connectivity index (χ3v) is 5.22. The molecule has 0 spiro atoms. The Kier molecular flexibility index (Phi) is 4.49. The summed E-state index contributed by atoms with van der Waals surface area (Å²) in [7, 11) is 1.69. The Hall–Kier alpha value is -2.08. The zero-order valence-corrected chi connectivity index (χ0v) is 14.5. The molecule has 3 amide bonds. The number of likely N-dealkylation sites (tertiary alicyclic amines) is 1. The van der Waals surface area contributed by atoms with E-state index >= 15 is 0 Å². The summed E-state index contributed by atoms with van der Waals surface area (Å²) in [4.78, 5) is 26.1. The molecule has 130 valence electrons. The highest BCUT2D eigenvalue weighted by molar-refractivity contribution is 6.07. The van der Waals surface area contributed by atoms with Crippen molar-refractivity contribution in [2.24, 2.45) is 5.92 Å². The van der Waals surface area contributed by atoms with Crippen LogP contribution in [0.3, 0.4) is 0 Å². The van der Waals surface area contributed by atoms with Crippen LogP contribution in [0, 0.1) is 12.8 Å². The second-order valence-electron chi connectivity index (χ2n) is 7.00. The average Bonchev–Trinajstić information content (AvgIpc) is 2.81. The summed E-state index contributed by atoms with van der Waals surface area (Å²) in [6, 6.07) is 5.80. The number of aryl methyl sites for hydroxylation is 1. The lowest BCUT2D eigenvalue weighted by molar-refractivity contribution is -0.126. The minimum Gasteiger partial charge on any atom is -0.496 e. The van der Waals surface area contributed by atoms with E-state index in [-0.39, 0.29) is 17.9 Å². The molecule has 0 aliphatic carbocycles. The fourth-order valence-electron chi connectivity index (χ4n) is 3.79. The molecular formula is C18H25N3O3. The van der Waals surface area contributed by atoms with Gasteiger partial charge in [-0.1, -0.05) is 17.7 Å². The molecular weight excluding hydrogens is 306 g/mol. The third-order valence-electron chi connectivity index (χ3n) is 5.22. The maximum Gasteiger partial charge on any atom is 0.322 e. The number of amides is 3. The largest absolute Gasteiger partial charge is 0.496 e. The van der Waals surface area contributed by atoms with Crippen molar-refractivity contribution in [3.8, 4) is 5.75 Å². The van der Waals surface area contributed by atoms with Crippen molar-refractivity contribution >= 4 is 11.9 Å². The van der Waals surface area contributed by atoms with Crippen molar-refractivity contribution in [1.82, 2.24) is 15.5 Å². The summed E-state index contributed by atoms with van der Waals surface area (Å²) in [5.74, 6) is 0.779. The van der Waals surface area contributed by atoms with Gasteiger partial charge in [-0.2, -0.15) is 0 Å². The number of piperidine rings is 1. The van der Waals surface area contributed by atoms with Crippen molar-refractivity contribution in [3.63, 3.8) is 0 Å². The first-order chi connectivity index (χ1) is 11.4. The molecule has 0 radical (unpaired) electrons. The quantitative estimate of drug-likeness (QED) is 0.826. The van der Waals surface area contributed by atoms with Gasteiger partial charge in [-0.25, -0.2) is 4.79 Å². The summed E-state index contributed by atoms with van der Waals surface area (Å²) in [6.07, 6.45) is 1.95. The number of carbonyl (C=O) groups excluding carboxylic acids is 2. The molecule has 2 N–H and O–H groups in total. The van der Waals surface area contributed by atoms with Crippen molar-refractivity contribution < 1.29 is 14.3 Å². The molecule has 0 bridgehead atoms. The SMILES string of the molecule is COc1ccc(C)cc1CN1CCCC(C2(C)NC(=O)NC2=O)C1. The Labute approximate surface area is 142 Å². The third kappa shape index (κ3) is 3.11. The fraction of sp³-hybridized carbons (Fsp3) is 0.556. The molecule has 1 aromatic rings. The lowest BCUT2D eigenvalue weighted by atomic mass is 9.80. The Morgan fingerprint density at radius 2 is 2.17 bits per heavy atom. The molecule has 24 heavy (non-hydrogen) atoms. The van der Waals surface area contributed by atoms with Gasteiger partial charge >= 0.3 is 6.03 Å². The van der Waals surface area contributed by atoms with E-state index < -0.39 is 5.54 Å². The number of imide groups is 1. The molecule has 2 unspecified atom stereocenters. The maximum atomic E-state index is 12.2. The molecule has 3 rings (SSSR count). The van der Waals surface area contributed by atoms with Gasteiger partial charge in [0.1, 0.15) is 11.3 Å². The molecule has 2 aliphatic rings. The van der Waals surface area contributed by atoms with Crippen LogP contribution in [0.2, 0.25) is 0 Å². The minimum atomic E-state index is -0.813. The van der Waals surface area contributed by atoms with Crippen molar-refractivity contribution in [1.29, 1.82) is 0 Å². The van der Waals surface area contributed by atoms with Gasteiger partial charge in [-0.3, -0.25) is 15.0 Å². The predicted molar refractivity (Wildman–Crippen MR) is 90.8 cm³/mol. The first-order valence-electron chi connectivity index (χ1n) is 8.42. The molecule has 0 saturated carbocycles. The number of nitrogens with one attached hydrogen (secondary N) is 2. The van der Waals surface area contributed by atoms with E-state index in [1.54, 1.807) is 7.11 Å². The molecule has 1 aromatic carbocycles. The Morgan fingerprint density at radius 1 is 1.38 bits per heavy atom. The standard InChI is InChI=1S/C18H25N3O3/c1-12-6-7-15(24-3)13(9-12)10-21-8-4-5-14(11-21)18(2)16(22)19-17(23)20-18/h6-7,9,14H,4-5,8,10-11H2,1-3H3,(H2,19,20,22,23). The summed E-state index contributed by atoms with van der Waals surface area (Å²) in [5.41, 5.74) is 1.55. The van der Waals surface area contributed by atoms with Crippen LogP contribution >= 0.6 is 0 Å². The summed E-state index contributed by atoms with van der Waals surface area (Å²) in [6.45, 7) is 6.45. The van der Waals surface area contributed by atoms with Crippen LogP contribution < -0.4 is 15.4 Å². The average molecular weight is 331 g/mol. The van der Waals surface area contributed by atoms with E-state index in [0.29, 0.717) is 0 Å². The molecule has 0 aromatic heterocycles. The highest BCUT2D eigenvalue weighted by atomic mass is 16.5. The molecule has 6 nitrogen and oxygen atoms in total. The molecule has 6 heteroatoms. The zero-order valence-electron chi connectivity index (χ0n) is 14.5. The van der Waals surface area contributed by atoms with E-state index in [9.17, 15) is 9.59 Å². The topological polar surface area (TPSA) is 70.7 Å². The van der Waals surface area contributed by atoms with Gasteiger partial charge in [-0.15, -0.1) is 0 Å². The minimum absolute atomic E-state index is 0.105. The van der Waals surface area contributed by atoms with Crippen molar-refractivity contribution in [2.75, 3.05) is 20.2 Å². The second kappa shape index (κ2) is 6.43. The molecule has 2 atom stereocenters. The lowest BCUT2D eigenvalue weighted by Crippen LogP contribution is -2.55. The Morgan fingerprint density at radius 3 is 2.83 bits per heavy atom. The van der Waals surface area contributed by atoms with Crippen LogP contribution in [0.1, 0.15) is 30.9 Å². The predicted octanol–water partition coefficient (Wildman–Crippen LogP) is 1.81. The molecule has 2 fully saturated rings. The number of urea groups is 1. The maximum absolute atomic E-state index is 12.2. The van der Waals surface area contributed by atoms with E-state index in [2.05, 4.69) is 28.5 Å². The monoisotopic (exact) mass is 331 g/mol. The number of hydrogen-bond acceptors (Lipinski definition) is 4. The number of rotatable bonds is 4. The summed E-state index contributed by atoms with van der Waals surface area (Å²) in [5, 5.41) is 5.18. The van der Waals surface area contributed by atoms with Crippen LogP contribution in [0.4, 0.5) is 4.79 Å². The van der Waals surface area contributed by atoms with Crippen LogP contribution in [0.5, 0.6) is 5.75 Å². The second-order valence-corrected chi connectivity index (χ2v) is 7.00. The number of hydrogen-bond donors (Lipinski definition) is 2. The first kappa shape index (κ1) is 16.8.